The van der Waals surface area contributed by atoms with E-state index in [2.05, 4.69) is 0 Å². The van der Waals surface area contributed by atoms with E-state index in [1.807, 2.05) is 6.92 Å². The van der Waals surface area contributed by atoms with Crippen molar-refractivity contribution < 1.29 is 22.8 Å². The summed E-state index contributed by atoms with van der Waals surface area (Å²) in [5, 5.41) is 10.5. The molecule has 1 rings (SSSR count). The zero-order chi connectivity index (χ0) is 15.9. The molecule has 0 spiro atoms. The molecule has 0 N–H and O–H groups in total. The lowest BCUT2D eigenvalue weighted by atomic mass is 10.1. The molecule has 4 nitrogen and oxygen atoms in total. The summed E-state index contributed by atoms with van der Waals surface area (Å²) >= 11 is 0. The van der Waals surface area contributed by atoms with Crippen LogP contribution in [0.15, 0.2) is 24.3 Å². The van der Waals surface area contributed by atoms with E-state index in [9.17, 15) is 23.3 Å². The molecule has 1 atom stereocenters. The van der Waals surface area contributed by atoms with Gasteiger partial charge in [-0.25, -0.2) is 0 Å². The number of nitro groups is 1. The molecular formula is C14H18F3NO3. The van der Waals surface area contributed by atoms with Crippen molar-refractivity contribution in [2.75, 3.05) is 0 Å². The van der Waals surface area contributed by atoms with Crippen LogP contribution in [0.2, 0.25) is 0 Å². The van der Waals surface area contributed by atoms with Crippen LogP contribution in [0.3, 0.4) is 0 Å². The number of ether oxygens (including phenoxy) is 1. The number of halogens is 3. The Morgan fingerprint density at radius 3 is 2.29 bits per heavy atom. The number of hydrogen-bond acceptors (Lipinski definition) is 3. The van der Waals surface area contributed by atoms with Gasteiger partial charge < -0.3 is 4.74 Å². The van der Waals surface area contributed by atoms with Gasteiger partial charge in [0.05, 0.1) is 4.92 Å². The van der Waals surface area contributed by atoms with Gasteiger partial charge in [-0.3, -0.25) is 10.1 Å². The number of non-ortho nitro benzene ring substituents is 1. The zero-order valence-corrected chi connectivity index (χ0v) is 11.7. The largest absolute Gasteiger partial charge is 0.481 e. The first kappa shape index (κ1) is 17.3. The summed E-state index contributed by atoms with van der Waals surface area (Å²) in [4.78, 5) is 9.87. The Kier molecular flexibility index (Phi) is 6.45. The summed E-state index contributed by atoms with van der Waals surface area (Å²) in [7, 11) is 0. The van der Waals surface area contributed by atoms with Crippen LogP contribution >= 0.6 is 0 Å². The lowest BCUT2D eigenvalue weighted by molar-refractivity contribution is -0.384. The van der Waals surface area contributed by atoms with Gasteiger partial charge in [0.2, 0.25) is 0 Å². The van der Waals surface area contributed by atoms with Crippen LogP contribution in [-0.4, -0.2) is 17.2 Å². The highest BCUT2D eigenvalue weighted by Crippen LogP contribution is 2.29. The molecular weight excluding hydrogens is 287 g/mol. The number of rotatable bonds is 8. The van der Waals surface area contributed by atoms with Gasteiger partial charge in [0, 0.05) is 12.1 Å². The monoisotopic (exact) mass is 305 g/mol. The summed E-state index contributed by atoms with van der Waals surface area (Å²) in [5.74, 6) is -0.0154. The van der Waals surface area contributed by atoms with E-state index < -0.39 is 17.2 Å². The first-order valence-electron chi connectivity index (χ1n) is 6.82. The zero-order valence-electron chi connectivity index (χ0n) is 11.7. The maximum Gasteiger partial charge on any atom is 0.425 e. The third-order valence-electron chi connectivity index (χ3n) is 3.01. The molecule has 0 fully saturated rings. The average molecular weight is 305 g/mol. The SMILES string of the molecule is CCCCCC[C@H](Oc1ccc([N+](=O)[O-])cc1)C(F)(F)F. The fraction of sp³-hybridized carbons (Fsp3) is 0.571. The molecule has 1 aromatic carbocycles. The van der Waals surface area contributed by atoms with Gasteiger partial charge in [0.1, 0.15) is 5.75 Å². The smallest absolute Gasteiger partial charge is 0.425 e. The second-order valence-corrected chi connectivity index (χ2v) is 4.75. The topological polar surface area (TPSA) is 52.4 Å². The number of nitrogens with zero attached hydrogens (tertiary/aromatic N) is 1. The first-order valence-corrected chi connectivity index (χ1v) is 6.82. The summed E-state index contributed by atoms with van der Waals surface area (Å²) in [5.41, 5.74) is -0.186. The molecule has 0 saturated carbocycles. The Hall–Kier alpha value is -1.79. The minimum atomic E-state index is -4.45. The van der Waals surface area contributed by atoms with Gasteiger partial charge in [-0.1, -0.05) is 26.2 Å². The summed E-state index contributed by atoms with van der Waals surface area (Å²) in [6.45, 7) is 1.98. The van der Waals surface area contributed by atoms with Crippen molar-refractivity contribution in [1.29, 1.82) is 0 Å². The molecule has 0 aliphatic rings. The molecule has 0 radical (unpaired) electrons. The van der Waals surface area contributed by atoms with E-state index >= 15 is 0 Å². The summed E-state index contributed by atoms with van der Waals surface area (Å²) in [6, 6.07) is 4.62. The van der Waals surface area contributed by atoms with Crippen molar-refractivity contribution in [3.05, 3.63) is 34.4 Å². The molecule has 118 valence electrons. The Bertz CT molecular complexity index is 446. The minimum absolute atomic E-state index is 0.0154. The standard InChI is InChI=1S/C14H18F3NO3/c1-2-3-4-5-6-13(14(15,16)17)21-12-9-7-11(8-10-12)18(19)20/h7-10,13H,2-6H2,1H3/t13-/m0/s1. The highest BCUT2D eigenvalue weighted by Gasteiger charge is 2.41. The molecule has 0 aromatic heterocycles. The van der Waals surface area contributed by atoms with Crippen LogP contribution < -0.4 is 4.74 Å². The van der Waals surface area contributed by atoms with Crippen LogP contribution in [0.4, 0.5) is 18.9 Å². The molecule has 21 heavy (non-hydrogen) atoms. The lowest BCUT2D eigenvalue weighted by Crippen LogP contribution is -2.34. The molecule has 7 heteroatoms. The normalized spacial score (nSPS) is 13.0. The predicted molar refractivity (Wildman–Crippen MR) is 72.3 cm³/mol. The van der Waals surface area contributed by atoms with Crippen molar-refractivity contribution in [1.82, 2.24) is 0 Å². The van der Waals surface area contributed by atoms with Gasteiger partial charge >= 0.3 is 6.18 Å². The minimum Gasteiger partial charge on any atom is -0.481 e. The van der Waals surface area contributed by atoms with Gasteiger partial charge in [-0.05, 0) is 25.0 Å². The second kappa shape index (κ2) is 7.85. The first-order chi connectivity index (χ1) is 9.84. The van der Waals surface area contributed by atoms with E-state index in [0.717, 1.165) is 31.4 Å². The number of nitro benzene ring substituents is 1. The molecule has 0 bridgehead atoms. The van der Waals surface area contributed by atoms with Crippen LogP contribution in [-0.2, 0) is 0 Å². The number of benzene rings is 1. The van der Waals surface area contributed by atoms with E-state index in [1.54, 1.807) is 0 Å². The molecule has 0 amide bonds. The van der Waals surface area contributed by atoms with E-state index in [1.165, 1.54) is 12.1 Å². The molecule has 0 unspecified atom stereocenters. The molecule has 0 saturated heterocycles. The molecule has 1 aromatic rings. The van der Waals surface area contributed by atoms with Crippen molar-refractivity contribution in [3.8, 4) is 5.75 Å². The van der Waals surface area contributed by atoms with Crippen LogP contribution in [0, 0.1) is 10.1 Å². The van der Waals surface area contributed by atoms with Gasteiger partial charge in [0.15, 0.2) is 6.10 Å². The third-order valence-corrected chi connectivity index (χ3v) is 3.01. The Balaban J connectivity index is 2.65. The Morgan fingerprint density at radius 1 is 1.19 bits per heavy atom. The molecule has 0 heterocycles. The Labute approximate surface area is 121 Å². The lowest BCUT2D eigenvalue weighted by Gasteiger charge is -2.21. The fourth-order valence-electron chi connectivity index (χ4n) is 1.86. The van der Waals surface area contributed by atoms with E-state index in [-0.39, 0.29) is 17.9 Å². The van der Waals surface area contributed by atoms with Crippen LogP contribution in [0.25, 0.3) is 0 Å². The maximum atomic E-state index is 12.9. The van der Waals surface area contributed by atoms with E-state index in [4.69, 9.17) is 4.74 Å². The number of alkyl halides is 3. The summed E-state index contributed by atoms with van der Waals surface area (Å²) < 4.78 is 43.6. The van der Waals surface area contributed by atoms with Crippen molar-refractivity contribution in [2.45, 2.75) is 51.3 Å². The van der Waals surface area contributed by atoms with Gasteiger partial charge in [0.25, 0.3) is 5.69 Å². The van der Waals surface area contributed by atoms with E-state index in [0.29, 0.717) is 6.42 Å². The number of hydrogen-bond donors (Lipinski definition) is 0. The highest BCUT2D eigenvalue weighted by atomic mass is 19.4. The van der Waals surface area contributed by atoms with Gasteiger partial charge in [-0.15, -0.1) is 0 Å². The van der Waals surface area contributed by atoms with Gasteiger partial charge in [-0.2, -0.15) is 13.2 Å². The maximum absolute atomic E-state index is 12.9. The fourth-order valence-corrected chi connectivity index (χ4v) is 1.86. The Morgan fingerprint density at radius 2 is 1.81 bits per heavy atom. The van der Waals surface area contributed by atoms with Crippen molar-refractivity contribution >= 4 is 5.69 Å². The number of unbranched alkanes of at least 4 members (excludes halogenated alkanes) is 3. The summed E-state index contributed by atoms with van der Waals surface area (Å²) in [6.07, 6.45) is -3.44. The second-order valence-electron chi connectivity index (χ2n) is 4.75. The third kappa shape index (κ3) is 6.01. The van der Waals surface area contributed by atoms with Crippen molar-refractivity contribution in [2.24, 2.45) is 0 Å². The highest BCUT2D eigenvalue weighted by molar-refractivity contribution is 5.36. The molecule has 0 aliphatic heterocycles. The predicted octanol–water partition coefficient (Wildman–Crippen LogP) is 4.87. The molecule has 0 aliphatic carbocycles. The van der Waals surface area contributed by atoms with Crippen LogP contribution in [0.5, 0.6) is 5.75 Å². The van der Waals surface area contributed by atoms with Crippen molar-refractivity contribution in [3.63, 3.8) is 0 Å². The average Bonchev–Trinajstić information content (AvgIpc) is 2.41. The van der Waals surface area contributed by atoms with Crippen LogP contribution in [0.1, 0.15) is 39.0 Å². The quantitative estimate of drug-likeness (QED) is 0.391.